The van der Waals surface area contributed by atoms with E-state index < -0.39 is 0 Å². The van der Waals surface area contributed by atoms with E-state index >= 15 is 0 Å². The Morgan fingerprint density at radius 3 is 2.62 bits per heavy atom. The van der Waals surface area contributed by atoms with E-state index in [4.69, 9.17) is 11.6 Å². The Labute approximate surface area is 110 Å². The highest BCUT2D eigenvalue weighted by atomic mass is 79.9. The van der Waals surface area contributed by atoms with Gasteiger partial charge < -0.3 is 5.32 Å². The van der Waals surface area contributed by atoms with Crippen LogP contribution in [0.5, 0.6) is 0 Å². The van der Waals surface area contributed by atoms with Gasteiger partial charge in [-0.2, -0.15) is 0 Å². The Balaban J connectivity index is 2.61. The van der Waals surface area contributed by atoms with Crippen LogP contribution in [-0.4, -0.2) is 16.8 Å². The molecular weight excluding hydrogens is 289 g/mol. The van der Waals surface area contributed by atoms with Gasteiger partial charge in [0.25, 0.3) is 0 Å². The van der Waals surface area contributed by atoms with E-state index in [1.165, 1.54) is 0 Å². The summed E-state index contributed by atoms with van der Waals surface area (Å²) in [5, 5.41) is 3.55. The Morgan fingerprint density at radius 1 is 1.44 bits per heavy atom. The Bertz CT molecular complexity index is 368. The quantitative estimate of drug-likeness (QED) is 0.851. The molecule has 88 valence electrons. The van der Waals surface area contributed by atoms with Crippen LogP contribution >= 0.6 is 27.5 Å². The fraction of sp³-hybridized carbons (Fsp3) is 0.417. The average molecular weight is 305 g/mol. The van der Waals surface area contributed by atoms with Gasteiger partial charge in [0.2, 0.25) is 5.91 Å². The van der Waals surface area contributed by atoms with Crippen molar-refractivity contribution in [3.8, 4) is 0 Å². The third-order valence-electron chi connectivity index (χ3n) is 2.07. The van der Waals surface area contributed by atoms with Crippen LogP contribution < -0.4 is 5.32 Å². The first-order chi connectivity index (χ1) is 7.50. The van der Waals surface area contributed by atoms with Gasteiger partial charge in [0, 0.05) is 11.1 Å². The van der Waals surface area contributed by atoms with Crippen LogP contribution in [0.2, 0.25) is 5.02 Å². The Morgan fingerprint density at radius 2 is 2.06 bits per heavy atom. The molecule has 1 amide bonds. The minimum Gasteiger partial charge on any atom is -0.353 e. The number of rotatable bonds is 4. The molecule has 1 unspecified atom stereocenters. The van der Waals surface area contributed by atoms with Gasteiger partial charge in [-0.15, -0.1) is 0 Å². The van der Waals surface area contributed by atoms with Crippen molar-refractivity contribution in [1.82, 2.24) is 5.32 Å². The first-order valence-electron chi connectivity index (χ1n) is 5.18. The molecule has 2 nitrogen and oxygen atoms in total. The summed E-state index contributed by atoms with van der Waals surface area (Å²) in [7, 11) is 0. The van der Waals surface area contributed by atoms with Gasteiger partial charge >= 0.3 is 0 Å². The lowest BCUT2D eigenvalue weighted by Gasteiger charge is -2.13. The van der Waals surface area contributed by atoms with Gasteiger partial charge in [-0.3, -0.25) is 4.79 Å². The van der Waals surface area contributed by atoms with E-state index in [0.29, 0.717) is 11.4 Å². The number of hydrogen-bond donors (Lipinski definition) is 1. The summed E-state index contributed by atoms with van der Waals surface area (Å²) in [6, 6.07) is 7.71. The second-order valence-electron chi connectivity index (χ2n) is 3.93. The molecule has 1 aromatic rings. The third-order valence-corrected chi connectivity index (χ3v) is 3.18. The van der Waals surface area contributed by atoms with Crippen molar-refractivity contribution in [3.05, 3.63) is 34.9 Å². The first-order valence-corrected chi connectivity index (χ1v) is 6.48. The van der Waals surface area contributed by atoms with Crippen LogP contribution in [0.3, 0.4) is 0 Å². The zero-order valence-electron chi connectivity index (χ0n) is 9.34. The molecule has 0 saturated carbocycles. The van der Waals surface area contributed by atoms with E-state index in [1.54, 1.807) is 0 Å². The van der Waals surface area contributed by atoms with Gasteiger partial charge in [-0.1, -0.05) is 45.7 Å². The Hall–Kier alpha value is -0.540. The van der Waals surface area contributed by atoms with E-state index in [0.717, 1.165) is 5.56 Å². The molecule has 1 aromatic carbocycles. The summed E-state index contributed by atoms with van der Waals surface area (Å²) in [6.07, 6.45) is 0.595. The average Bonchev–Trinajstić information content (AvgIpc) is 2.20. The predicted molar refractivity (Wildman–Crippen MR) is 71.1 cm³/mol. The molecule has 0 aliphatic rings. The highest BCUT2D eigenvalue weighted by Gasteiger charge is 2.16. The van der Waals surface area contributed by atoms with Gasteiger partial charge in [0.1, 0.15) is 0 Å². The topological polar surface area (TPSA) is 29.1 Å². The SMILES string of the molecule is CC(C)NC(=O)C(Br)Cc1ccccc1Cl. The molecule has 1 atom stereocenters. The minimum atomic E-state index is -0.241. The maximum absolute atomic E-state index is 11.7. The summed E-state index contributed by atoms with van der Waals surface area (Å²) in [5.74, 6) is -0.00470. The standard InChI is InChI=1S/C12H15BrClNO/c1-8(2)15-12(16)10(13)7-9-5-3-4-6-11(9)14/h3-6,8,10H,7H2,1-2H3,(H,15,16). The van der Waals surface area contributed by atoms with E-state index in [1.807, 2.05) is 38.1 Å². The summed E-state index contributed by atoms with van der Waals surface area (Å²) < 4.78 is 0. The van der Waals surface area contributed by atoms with Crippen molar-refractivity contribution < 1.29 is 4.79 Å². The molecule has 0 aliphatic carbocycles. The fourth-order valence-corrected chi connectivity index (χ4v) is 2.02. The summed E-state index contributed by atoms with van der Waals surface area (Å²) in [5.41, 5.74) is 0.977. The van der Waals surface area contributed by atoms with E-state index in [2.05, 4.69) is 21.2 Å². The molecule has 0 aliphatic heterocycles. The number of alkyl halides is 1. The second kappa shape index (κ2) is 6.26. The van der Waals surface area contributed by atoms with Crippen LogP contribution in [0.15, 0.2) is 24.3 Å². The van der Waals surface area contributed by atoms with E-state index in [-0.39, 0.29) is 16.8 Å². The maximum atomic E-state index is 11.7. The second-order valence-corrected chi connectivity index (χ2v) is 5.44. The normalized spacial score (nSPS) is 12.6. The lowest BCUT2D eigenvalue weighted by molar-refractivity contribution is -0.120. The zero-order valence-corrected chi connectivity index (χ0v) is 11.7. The lowest BCUT2D eigenvalue weighted by atomic mass is 10.1. The van der Waals surface area contributed by atoms with Crippen LogP contribution in [0.1, 0.15) is 19.4 Å². The summed E-state index contributed by atoms with van der Waals surface area (Å²) >= 11 is 9.40. The third kappa shape index (κ3) is 4.14. The number of amides is 1. The number of carbonyl (C=O) groups is 1. The van der Waals surface area contributed by atoms with Crippen molar-refractivity contribution in [2.24, 2.45) is 0 Å². The highest BCUT2D eigenvalue weighted by molar-refractivity contribution is 9.10. The molecule has 0 fully saturated rings. The molecule has 4 heteroatoms. The number of benzene rings is 1. The van der Waals surface area contributed by atoms with Crippen molar-refractivity contribution in [1.29, 1.82) is 0 Å². The molecule has 0 heterocycles. The summed E-state index contributed by atoms with van der Waals surface area (Å²) in [6.45, 7) is 3.88. The highest BCUT2D eigenvalue weighted by Crippen LogP contribution is 2.19. The van der Waals surface area contributed by atoms with Gasteiger partial charge in [0.05, 0.1) is 4.83 Å². The molecule has 0 aromatic heterocycles. The first kappa shape index (κ1) is 13.5. The van der Waals surface area contributed by atoms with Crippen LogP contribution in [0.25, 0.3) is 0 Å². The van der Waals surface area contributed by atoms with Gasteiger partial charge in [0.15, 0.2) is 0 Å². The smallest absolute Gasteiger partial charge is 0.234 e. The number of hydrogen-bond acceptors (Lipinski definition) is 1. The Kier molecular flexibility index (Phi) is 5.29. The monoisotopic (exact) mass is 303 g/mol. The van der Waals surface area contributed by atoms with Crippen LogP contribution in [0.4, 0.5) is 0 Å². The van der Waals surface area contributed by atoms with E-state index in [9.17, 15) is 4.79 Å². The molecule has 1 rings (SSSR count). The molecule has 16 heavy (non-hydrogen) atoms. The van der Waals surface area contributed by atoms with Crippen molar-refractivity contribution in [2.45, 2.75) is 31.1 Å². The molecule has 0 spiro atoms. The minimum absolute atomic E-state index is 0.00470. The number of nitrogens with one attached hydrogen (secondary N) is 1. The fourth-order valence-electron chi connectivity index (χ4n) is 1.32. The molecule has 0 saturated heterocycles. The number of halogens is 2. The number of carbonyl (C=O) groups excluding carboxylic acids is 1. The largest absolute Gasteiger partial charge is 0.353 e. The molecular formula is C12H15BrClNO. The molecule has 1 N–H and O–H groups in total. The molecule has 0 bridgehead atoms. The predicted octanol–water partition coefficient (Wildman–Crippen LogP) is 3.17. The maximum Gasteiger partial charge on any atom is 0.234 e. The van der Waals surface area contributed by atoms with Crippen molar-refractivity contribution in [2.75, 3.05) is 0 Å². The zero-order chi connectivity index (χ0) is 12.1. The summed E-state index contributed by atoms with van der Waals surface area (Å²) in [4.78, 5) is 11.4. The molecule has 0 radical (unpaired) electrons. The van der Waals surface area contributed by atoms with Crippen LogP contribution in [0, 0.1) is 0 Å². The van der Waals surface area contributed by atoms with Crippen molar-refractivity contribution >= 4 is 33.4 Å². The van der Waals surface area contributed by atoms with Gasteiger partial charge in [-0.25, -0.2) is 0 Å². The lowest BCUT2D eigenvalue weighted by Crippen LogP contribution is -2.36. The van der Waals surface area contributed by atoms with Crippen molar-refractivity contribution in [3.63, 3.8) is 0 Å². The van der Waals surface area contributed by atoms with Gasteiger partial charge in [-0.05, 0) is 31.9 Å². The van der Waals surface area contributed by atoms with Crippen LogP contribution in [-0.2, 0) is 11.2 Å².